The second kappa shape index (κ2) is 5.37. The molecule has 0 saturated heterocycles. The second-order valence-electron chi connectivity index (χ2n) is 5.54. The molecule has 0 aromatic heterocycles. The molecule has 0 bridgehead atoms. The summed E-state index contributed by atoms with van der Waals surface area (Å²) in [7, 11) is 1.86. The molecule has 0 saturated carbocycles. The van der Waals surface area contributed by atoms with Gasteiger partial charge in [0.1, 0.15) is 11.5 Å². The van der Waals surface area contributed by atoms with Gasteiger partial charge < -0.3 is 15.2 Å². The molecule has 2 N–H and O–H groups in total. The summed E-state index contributed by atoms with van der Waals surface area (Å²) in [5.41, 5.74) is 3.52. The van der Waals surface area contributed by atoms with Crippen LogP contribution in [0.25, 0.3) is 0 Å². The maximum absolute atomic E-state index is 10.0. The number of fused-ring (bicyclic) bond motifs is 1. The topological polar surface area (TPSA) is 44.7 Å². The molecule has 0 aliphatic carbocycles. The SMILES string of the molecule is CNC1=C(O)CN(C(C)c2ccc3c(c2)OCC3)CC1. The van der Waals surface area contributed by atoms with Gasteiger partial charge in [-0.05, 0) is 24.1 Å². The van der Waals surface area contributed by atoms with Gasteiger partial charge in [0.2, 0.25) is 0 Å². The molecule has 4 heteroatoms. The third-order valence-electron chi connectivity index (χ3n) is 4.40. The molecule has 0 spiro atoms. The normalized spacial score (nSPS) is 20.5. The molecule has 1 unspecified atom stereocenters. The van der Waals surface area contributed by atoms with E-state index in [0.29, 0.717) is 12.3 Å². The minimum Gasteiger partial charge on any atom is -0.509 e. The summed E-state index contributed by atoms with van der Waals surface area (Å²) in [6, 6.07) is 6.80. The minimum atomic E-state index is 0.282. The van der Waals surface area contributed by atoms with Gasteiger partial charge in [0.25, 0.3) is 0 Å². The lowest BCUT2D eigenvalue weighted by molar-refractivity contribution is 0.178. The van der Waals surface area contributed by atoms with Gasteiger partial charge in [0.05, 0.1) is 18.8 Å². The van der Waals surface area contributed by atoms with Crippen molar-refractivity contribution in [2.45, 2.75) is 25.8 Å². The predicted octanol–water partition coefficient (Wildman–Crippen LogP) is 2.38. The second-order valence-corrected chi connectivity index (χ2v) is 5.54. The molecule has 4 nitrogen and oxygen atoms in total. The van der Waals surface area contributed by atoms with E-state index in [0.717, 1.165) is 37.4 Å². The Morgan fingerprint density at radius 1 is 1.35 bits per heavy atom. The number of hydrogen-bond donors (Lipinski definition) is 2. The van der Waals surface area contributed by atoms with Crippen LogP contribution in [0.15, 0.2) is 29.7 Å². The van der Waals surface area contributed by atoms with E-state index in [1.165, 1.54) is 11.1 Å². The number of nitrogens with zero attached hydrogens (tertiary/aromatic N) is 1. The van der Waals surface area contributed by atoms with Crippen LogP contribution < -0.4 is 10.1 Å². The summed E-state index contributed by atoms with van der Waals surface area (Å²) in [6.07, 6.45) is 1.89. The van der Waals surface area contributed by atoms with Crippen molar-refractivity contribution in [2.24, 2.45) is 0 Å². The van der Waals surface area contributed by atoms with Crippen LogP contribution in [-0.4, -0.2) is 36.8 Å². The number of nitrogens with one attached hydrogen (secondary N) is 1. The molecule has 20 heavy (non-hydrogen) atoms. The van der Waals surface area contributed by atoms with Crippen molar-refractivity contribution in [3.63, 3.8) is 0 Å². The fourth-order valence-corrected chi connectivity index (χ4v) is 3.02. The van der Waals surface area contributed by atoms with Gasteiger partial charge in [0.15, 0.2) is 0 Å². The number of aliphatic hydroxyl groups is 1. The van der Waals surface area contributed by atoms with Crippen molar-refractivity contribution in [3.05, 3.63) is 40.8 Å². The first-order valence-electron chi connectivity index (χ1n) is 7.27. The molecule has 1 aromatic rings. The predicted molar refractivity (Wildman–Crippen MR) is 79.0 cm³/mol. The molecule has 108 valence electrons. The molecule has 2 heterocycles. The Morgan fingerprint density at radius 3 is 2.95 bits per heavy atom. The molecule has 2 aliphatic heterocycles. The van der Waals surface area contributed by atoms with Crippen molar-refractivity contribution in [3.8, 4) is 5.75 Å². The lowest BCUT2D eigenvalue weighted by Gasteiger charge is -2.33. The Balaban J connectivity index is 1.77. The molecular formula is C16H22N2O2. The van der Waals surface area contributed by atoms with Crippen LogP contribution in [0.1, 0.15) is 30.5 Å². The first-order valence-corrected chi connectivity index (χ1v) is 7.27. The Labute approximate surface area is 120 Å². The Kier molecular flexibility index (Phi) is 3.57. The van der Waals surface area contributed by atoms with Crippen molar-refractivity contribution >= 4 is 0 Å². The van der Waals surface area contributed by atoms with Crippen LogP contribution in [0.5, 0.6) is 5.75 Å². The fraction of sp³-hybridized carbons (Fsp3) is 0.500. The van der Waals surface area contributed by atoms with Crippen LogP contribution in [-0.2, 0) is 6.42 Å². The molecule has 2 aliphatic rings. The van der Waals surface area contributed by atoms with E-state index in [4.69, 9.17) is 4.74 Å². The first-order chi connectivity index (χ1) is 9.69. The van der Waals surface area contributed by atoms with Crippen LogP contribution in [0.2, 0.25) is 0 Å². The lowest BCUT2D eigenvalue weighted by atomic mass is 10.0. The van der Waals surface area contributed by atoms with E-state index in [9.17, 15) is 5.11 Å². The molecule has 0 amide bonds. The smallest absolute Gasteiger partial charge is 0.125 e. The fourth-order valence-electron chi connectivity index (χ4n) is 3.02. The van der Waals surface area contributed by atoms with Gasteiger partial charge in [-0.2, -0.15) is 0 Å². The third kappa shape index (κ3) is 2.36. The maximum atomic E-state index is 10.0. The number of benzene rings is 1. The summed E-state index contributed by atoms with van der Waals surface area (Å²) in [6.45, 7) is 4.55. The highest BCUT2D eigenvalue weighted by atomic mass is 16.5. The van der Waals surface area contributed by atoms with E-state index in [-0.39, 0.29) is 6.04 Å². The van der Waals surface area contributed by atoms with Crippen LogP contribution in [0.4, 0.5) is 0 Å². The molecule has 0 radical (unpaired) electrons. The quantitative estimate of drug-likeness (QED) is 0.888. The molecule has 3 rings (SSSR count). The highest BCUT2D eigenvalue weighted by Crippen LogP contribution is 2.31. The average Bonchev–Trinajstić information content (AvgIpc) is 2.93. The average molecular weight is 274 g/mol. The first kappa shape index (κ1) is 13.3. The Morgan fingerprint density at radius 2 is 2.20 bits per heavy atom. The molecule has 1 atom stereocenters. The van der Waals surface area contributed by atoms with Gasteiger partial charge in [-0.3, -0.25) is 4.90 Å². The van der Waals surface area contributed by atoms with E-state index in [1.807, 2.05) is 7.05 Å². The van der Waals surface area contributed by atoms with Crippen molar-refractivity contribution in [1.82, 2.24) is 10.2 Å². The Bertz CT molecular complexity index is 539. The van der Waals surface area contributed by atoms with Crippen molar-refractivity contribution < 1.29 is 9.84 Å². The standard InChI is InChI=1S/C16H22N2O2/c1-11(18-7-5-14(17-2)15(19)10-18)13-4-3-12-6-8-20-16(12)9-13/h3-4,9,11,17,19H,5-8,10H2,1-2H3. The maximum Gasteiger partial charge on any atom is 0.125 e. The van der Waals surface area contributed by atoms with E-state index >= 15 is 0 Å². The number of ether oxygens (including phenoxy) is 1. The van der Waals surface area contributed by atoms with Crippen molar-refractivity contribution in [1.29, 1.82) is 0 Å². The zero-order valence-corrected chi connectivity index (χ0v) is 12.1. The Hall–Kier alpha value is -1.68. The van der Waals surface area contributed by atoms with E-state index in [1.54, 1.807) is 0 Å². The summed E-state index contributed by atoms with van der Waals surface area (Å²) >= 11 is 0. The van der Waals surface area contributed by atoms with E-state index in [2.05, 4.69) is 35.3 Å². The monoisotopic (exact) mass is 274 g/mol. The minimum absolute atomic E-state index is 0.282. The largest absolute Gasteiger partial charge is 0.509 e. The number of hydrogen-bond acceptors (Lipinski definition) is 4. The summed E-state index contributed by atoms with van der Waals surface area (Å²) in [5.74, 6) is 1.49. The third-order valence-corrected chi connectivity index (χ3v) is 4.40. The van der Waals surface area contributed by atoms with Gasteiger partial charge in [-0.25, -0.2) is 0 Å². The molecule has 0 fully saturated rings. The van der Waals surface area contributed by atoms with E-state index < -0.39 is 0 Å². The number of rotatable bonds is 3. The summed E-state index contributed by atoms with van der Waals surface area (Å²) in [4.78, 5) is 2.30. The summed E-state index contributed by atoms with van der Waals surface area (Å²) < 4.78 is 5.64. The van der Waals surface area contributed by atoms with Crippen LogP contribution in [0, 0.1) is 0 Å². The molecular weight excluding hydrogens is 252 g/mol. The lowest BCUT2D eigenvalue weighted by Crippen LogP contribution is -2.36. The van der Waals surface area contributed by atoms with Crippen LogP contribution >= 0.6 is 0 Å². The van der Waals surface area contributed by atoms with Gasteiger partial charge >= 0.3 is 0 Å². The van der Waals surface area contributed by atoms with Gasteiger partial charge in [0, 0.05) is 32.5 Å². The van der Waals surface area contributed by atoms with Crippen LogP contribution in [0.3, 0.4) is 0 Å². The highest BCUT2D eigenvalue weighted by molar-refractivity contribution is 5.41. The number of aliphatic hydroxyl groups excluding tert-OH is 1. The van der Waals surface area contributed by atoms with Crippen molar-refractivity contribution in [2.75, 3.05) is 26.7 Å². The highest BCUT2D eigenvalue weighted by Gasteiger charge is 2.24. The van der Waals surface area contributed by atoms with Gasteiger partial charge in [-0.1, -0.05) is 12.1 Å². The summed E-state index contributed by atoms with van der Waals surface area (Å²) in [5, 5.41) is 13.1. The zero-order chi connectivity index (χ0) is 14.1. The van der Waals surface area contributed by atoms with Gasteiger partial charge in [-0.15, -0.1) is 0 Å². The molecule has 1 aromatic carbocycles. The zero-order valence-electron chi connectivity index (χ0n) is 12.1.